The van der Waals surface area contributed by atoms with E-state index in [1.807, 2.05) is 32.0 Å². The molecule has 0 saturated carbocycles. The molecule has 1 atom stereocenters. The van der Waals surface area contributed by atoms with Gasteiger partial charge >= 0.3 is 5.97 Å². The number of rotatable bonds is 6. The molecular formula is C17H23NO3. The fourth-order valence-electron chi connectivity index (χ4n) is 3.00. The molecular weight excluding hydrogens is 266 g/mol. The van der Waals surface area contributed by atoms with Gasteiger partial charge in [-0.05, 0) is 29.9 Å². The van der Waals surface area contributed by atoms with Crippen LogP contribution in [-0.2, 0) is 16.0 Å². The van der Waals surface area contributed by atoms with Crippen LogP contribution in [-0.4, -0.2) is 35.0 Å². The highest BCUT2D eigenvalue weighted by molar-refractivity contribution is 5.85. The van der Waals surface area contributed by atoms with Crippen LogP contribution in [0.25, 0.3) is 0 Å². The van der Waals surface area contributed by atoms with Crippen LogP contribution < -0.4 is 0 Å². The number of carbonyl (C=O) groups is 2. The Morgan fingerprint density at radius 3 is 2.71 bits per heavy atom. The summed E-state index contributed by atoms with van der Waals surface area (Å²) in [5.74, 6) is -0.550. The Hall–Kier alpha value is -1.84. The molecule has 1 aromatic carbocycles. The van der Waals surface area contributed by atoms with E-state index in [0.717, 1.165) is 18.4 Å². The van der Waals surface area contributed by atoms with E-state index >= 15 is 0 Å². The van der Waals surface area contributed by atoms with E-state index in [-0.39, 0.29) is 18.2 Å². The predicted molar refractivity (Wildman–Crippen MR) is 81.2 cm³/mol. The fourth-order valence-corrected chi connectivity index (χ4v) is 3.00. The first-order valence-corrected chi connectivity index (χ1v) is 7.57. The number of hydrogen-bond acceptors (Lipinski definition) is 2. The topological polar surface area (TPSA) is 57.6 Å². The second kappa shape index (κ2) is 6.74. The molecule has 0 aromatic heterocycles. The molecule has 0 heterocycles. The number of hydrogen-bond donors (Lipinski definition) is 1. The molecule has 0 saturated heterocycles. The van der Waals surface area contributed by atoms with Crippen LogP contribution in [0.15, 0.2) is 24.3 Å². The Kier molecular flexibility index (Phi) is 4.99. The Bertz CT molecular complexity index is 525. The van der Waals surface area contributed by atoms with E-state index in [1.54, 1.807) is 4.90 Å². The summed E-state index contributed by atoms with van der Waals surface area (Å²) >= 11 is 0. The lowest BCUT2D eigenvalue weighted by molar-refractivity contribution is -0.139. The van der Waals surface area contributed by atoms with Gasteiger partial charge in [-0.3, -0.25) is 9.59 Å². The minimum absolute atomic E-state index is 0.00677. The number of carbonyl (C=O) groups excluding carboxylic acids is 1. The van der Waals surface area contributed by atoms with Crippen LogP contribution in [0, 0.1) is 5.92 Å². The zero-order chi connectivity index (χ0) is 15.4. The van der Waals surface area contributed by atoms with Gasteiger partial charge in [-0.15, -0.1) is 0 Å². The van der Waals surface area contributed by atoms with E-state index in [4.69, 9.17) is 5.11 Å². The lowest BCUT2D eigenvalue weighted by Gasteiger charge is -2.27. The number of amides is 1. The molecule has 1 aliphatic rings. The first-order valence-electron chi connectivity index (χ1n) is 7.57. The largest absolute Gasteiger partial charge is 0.481 e. The maximum Gasteiger partial charge on any atom is 0.305 e. The van der Waals surface area contributed by atoms with E-state index in [2.05, 4.69) is 6.07 Å². The molecule has 2 rings (SSSR count). The van der Waals surface area contributed by atoms with Gasteiger partial charge in [0.15, 0.2) is 0 Å². The summed E-state index contributed by atoms with van der Waals surface area (Å²) in [6, 6.07) is 8.07. The minimum atomic E-state index is -0.858. The lowest BCUT2D eigenvalue weighted by Crippen LogP contribution is -2.38. The molecule has 114 valence electrons. The fraction of sp³-hybridized carbons (Fsp3) is 0.529. The van der Waals surface area contributed by atoms with Crippen LogP contribution in [0.4, 0.5) is 0 Å². The molecule has 0 bridgehead atoms. The van der Waals surface area contributed by atoms with Gasteiger partial charge in [-0.1, -0.05) is 38.1 Å². The summed E-state index contributed by atoms with van der Waals surface area (Å²) in [5.41, 5.74) is 2.37. The molecule has 4 heteroatoms. The van der Waals surface area contributed by atoms with Gasteiger partial charge in [0.1, 0.15) is 0 Å². The molecule has 1 aromatic rings. The smallest absolute Gasteiger partial charge is 0.305 e. The number of nitrogens with zero attached hydrogens (tertiary/aromatic N) is 1. The summed E-state index contributed by atoms with van der Waals surface area (Å²) in [4.78, 5) is 25.3. The summed E-state index contributed by atoms with van der Waals surface area (Å²) < 4.78 is 0. The molecule has 21 heavy (non-hydrogen) atoms. The third kappa shape index (κ3) is 3.84. The van der Waals surface area contributed by atoms with Crippen molar-refractivity contribution in [3.63, 3.8) is 0 Å². The third-order valence-electron chi connectivity index (χ3n) is 3.92. The van der Waals surface area contributed by atoms with Crippen LogP contribution in [0.1, 0.15) is 43.7 Å². The molecule has 4 nitrogen and oxygen atoms in total. The minimum Gasteiger partial charge on any atom is -0.481 e. The SMILES string of the molecule is CC(C)CN(CCC(=O)O)C(=O)C1CCc2ccccc21. The molecule has 0 fully saturated rings. The van der Waals surface area contributed by atoms with Gasteiger partial charge in [0.25, 0.3) is 0 Å². The van der Waals surface area contributed by atoms with Crippen molar-refractivity contribution in [2.75, 3.05) is 13.1 Å². The van der Waals surface area contributed by atoms with Gasteiger partial charge in [-0.25, -0.2) is 0 Å². The monoisotopic (exact) mass is 289 g/mol. The zero-order valence-electron chi connectivity index (χ0n) is 12.7. The maximum atomic E-state index is 12.8. The van der Waals surface area contributed by atoms with Gasteiger partial charge < -0.3 is 10.0 Å². The van der Waals surface area contributed by atoms with E-state index in [1.165, 1.54) is 5.56 Å². The van der Waals surface area contributed by atoms with Crippen molar-refractivity contribution in [1.82, 2.24) is 4.90 Å². The highest BCUT2D eigenvalue weighted by Crippen LogP contribution is 2.34. The molecule has 1 N–H and O–H groups in total. The van der Waals surface area contributed by atoms with Crippen molar-refractivity contribution in [2.24, 2.45) is 5.92 Å². The first kappa shape index (κ1) is 15.5. The summed E-state index contributed by atoms with van der Waals surface area (Å²) in [6.45, 7) is 5.00. The zero-order valence-corrected chi connectivity index (χ0v) is 12.7. The molecule has 1 amide bonds. The second-order valence-corrected chi connectivity index (χ2v) is 6.11. The Labute approximate surface area is 125 Å². The molecule has 0 spiro atoms. The van der Waals surface area contributed by atoms with E-state index in [9.17, 15) is 9.59 Å². The van der Waals surface area contributed by atoms with Crippen molar-refractivity contribution in [1.29, 1.82) is 0 Å². The van der Waals surface area contributed by atoms with Crippen molar-refractivity contribution in [2.45, 2.75) is 39.0 Å². The molecule has 0 radical (unpaired) electrons. The van der Waals surface area contributed by atoms with Gasteiger partial charge in [0, 0.05) is 13.1 Å². The average Bonchev–Trinajstić information content (AvgIpc) is 2.86. The van der Waals surface area contributed by atoms with Crippen LogP contribution in [0.2, 0.25) is 0 Å². The lowest BCUT2D eigenvalue weighted by atomic mass is 9.99. The standard InChI is InChI=1S/C17H23NO3/c1-12(2)11-18(10-9-16(19)20)17(21)15-8-7-13-5-3-4-6-14(13)15/h3-6,12,15H,7-11H2,1-2H3,(H,19,20). The number of carboxylic acids is 1. The van der Waals surface area contributed by atoms with Gasteiger partial charge in [0.05, 0.1) is 12.3 Å². The number of aryl methyl sites for hydroxylation is 1. The molecule has 0 aliphatic heterocycles. The van der Waals surface area contributed by atoms with E-state index < -0.39 is 5.97 Å². The van der Waals surface area contributed by atoms with Gasteiger partial charge in [-0.2, -0.15) is 0 Å². The number of benzene rings is 1. The highest BCUT2D eigenvalue weighted by atomic mass is 16.4. The Balaban J connectivity index is 2.12. The summed E-state index contributed by atoms with van der Waals surface area (Å²) in [6.07, 6.45) is 1.77. The summed E-state index contributed by atoms with van der Waals surface area (Å²) in [7, 11) is 0. The predicted octanol–water partition coefficient (Wildman–Crippen LogP) is 2.68. The van der Waals surface area contributed by atoms with Crippen molar-refractivity contribution in [3.8, 4) is 0 Å². The summed E-state index contributed by atoms with van der Waals surface area (Å²) in [5, 5.41) is 8.86. The van der Waals surface area contributed by atoms with Crippen LogP contribution in [0.3, 0.4) is 0 Å². The Morgan fingerprint density at radius 2 is 2.05 bits per heavy atom. The van der Waals surface area contributed by atoms with Crippen LogP contribution in [0.5, 0.6) is 0 Å². The maximum absolute atomic E-state index is 12.8. The second-order valence-electron chi connectivity index (χ2n) is 6.11. The van der Waals surface area contributed by atoms with E-state index in [0.29, 0.717) is 19.0 Å². The van der Waals surface area contributed by atoms with Gasteiger partial charge in [0.2, 0.25) is 5.91 Å². The number of aliphatic carboxylic acids is 1. The Morgan fingerprint density at radius 1 is 1.33 bits per heavy atom. The first-order chi connectivity index (χ1) is 9.99. The van der Waals surface area contributed by atoms with Crippen LogP contribution >= 0.6 is 0 Å². The molecule has 1 unspecified atom stereocenters. The average molecular weight is 289 g/mol. The van der Waals surface area contributed by atoms with Crippen molar-refractivity contribution < 1.29 is 14.7 Å². The molecule has 1 aliphatic carbocycles. The normalized spacial score (nSPS) is 16.8. The highest BCUT2D eigenvalue weighted by Gasteiger charge is 2.31. The van der Waals surface area contributed by atoms with Crippen molar-refractivity contribution >= 4 is 11.9 Å². The number of carboxylic acid groups (broad SMARTS) is 1. The third-order valence-corrected chi connectivity index (χ3v) is 3.92. The number of fused-ring (bicyclic) bond motifs is 1. The quantitative estimate of drug-likeness (QED) is 0.876. The van der Waals surface area contributed by atoms with Crippen molar-refractivity contribution in [3.05, 3.63) is 35.4 Å².